The van der Waals surface area contributed by atoms with E-state index in [1.54, 1.807) is 24.3 Å². The number of pyridine rings is 1. The van der Waals surface area contributed by atoms with Gasteiger partial charge < -0.3 is 10.5 Å². The second kappa shape index (κ2) is 5.43. The molecule has 3 aromatic rings. The Morgan fingerprint density at radius 3 is 2.76 bits per heavy atom. The van der Waals surface area contributed by atoms with Crippen molar-refractivity contribution in [1.82, 2.24) is 4.98 Å². The molecule has 1 aromatic heterocycles. The predicted octanol–water partition coefficient (Wildman–Crippen LogP) is 4.24. The Kier molecular flexibility index (Phi) is 3.46. The fourth-order valence-electron chi connectivity index (χ4n) is 2.02. The van der Waals surface area contributed by atoms with Crippen molar-refractivity contribution in [2.45, 2.75) is 0 Å². The van der Waals surface area contributed by atoms with Gasteiger partial charge in [-0.15, -0.1) is 0 Å². The number of fused-ring (bicyclic) bond motifs is 1. The number of anilines is 1. The number of hydrogen-bond acceptors (Lipinski definition) is 4. The summed E-state index contributed by atoms with van der Waals surface area (Å²) in [6, 6.07) is 16.6. The fraction of sp³-hybridized carbons (Fsp3) is 0. The molecule has 0 saturated heterocycles. The lowest BCUT2D eigenvalue weighted by molar-refractivity contribution is 0.462. The molecule has 102 valence electrons. The van der Waals surface area contributed by atoms with Gasteiger partial charge in [0.05, 0.1) is 15.6 Å². The Morgan fingerprint density at radius 1 is 1.14 bits per heavy atom. The normalized spacial score (nSPS) is 10.3. The molecular formula is C16H10BrN3O. The van der Waals surface area contributed by atoms with Gasteiger partial charge in [-0.3, -0.25) is 0 Å². The van der Waals surface area contributed by atoms with Crippen LogP contribution in [-0.4, -0.2) is 4.98 Å². The number of nitrogens with two attached hydrogens (primary N) is 1. The van der Waals surface area contributed by atoms with Gasteiger partial charge in [0.15, 0.2) is 0 Å². The van der Waals surface area contributed by atoms with Crippen LogP contribution in [0.5, 0.6) is 11.6 Å². The van der Waals surface area contributed by atoms with E-state index in [0.717, 1.165) is 5.39 Å². The van der Waals surface area contributed by atoms with Gasteiger partial charge >= 0.3 is 0 Å². The maximum absolute atomic E-state index is 9.26. The first kappa shape index (κ1) is 13.4. The average Bonchev–Trinajstić information content (AvgIpc) is 2.51. The highest BCUT2D eigenvalue weighted by Crippen LogP contribution is 2.34. The Balaban J connectivity index is 2.09. The molecule has 0 aliphatic carbocycles. The van der Waals surface area contributed by atoms with Gasteiger partial charge in [-0.05, 0) is 34.1 Å². The fourth-order valence-corrected chi connectivity index (χ4v) is 2.36. The maximum atomic E-state index is 9.26. The van der Waals surface area contributed by atoms with Crippen molar-refractivity contribution in [3.05, 3.63) is 58.6 Å². The lowest BCUT2D eigenvalue weighted by Gasteiger charge is -2.09. The zero-order valence-electron chi connectivity index (χ0n) is 10.9. The van der Waals surface area contributed by atoms with Crippen LogP contribution in [0, 0.1) is 11.3 Å². The van der Waals surface area contributed by atoms with Crippen molar-refractivity contribution in [2.24, 2.45) is 0 Å². The second-order valence-corrected chi connectivity index (χ2v) is 5.19. The molecule has 0 saturated carbocycles. The number of rotatable bonds is 2. The van der Waals surface area contributed by atoms with Gasteiger partial charge in [0.25, 0.3) is 0 Å². The van der Waals surface area contributed by atoms with E-state index < -0.39 is 0 Å². The first-order chi connectivity index (χ1) is 10.2. The minimum absolute atomic E-state index is 0.358. The van der Waals surface area contributed by atoms with Gasteiger partial charge in [0, 0.05) is 17.1 Å². The van der Waals surface area contributed by atoms with Crippen molar-refractivity contribution in [3.8, 4) is 17.7 Å². The summed E-state index contributed by atoms with van der Waals surface area (Å²) in [5, 5.41) is 10.1. The molecule has 0 atom stereocenters. The van der Waals surface area contributed by atoms with Crippen LogP contribution >= 0.6 is 15.9 Å². The Bertz CT molecular complexity index is 871. The molecule has 0 spiro atoms. The number of nitrogen functional groups attached to an aromatic ring is 1. The molecule has 1 heterocycles. The number of aromatic nitrogens is 1. The zero-order chi connectivity index (χ0) is 14.8. The second-order valence-electron chi connectivity index (χ2n) is 4.40. The smallest absolute Gasteiger partial charge is 0.221 e. The highest BCUT2D eigenvalue weighted by molar-refractivity contribution is 9.10. The number of ether oxygens (including phenoxy) is 1. The molecule has 0 aliphatic heterocycles. The lowest BCUT2D eigenvalue weighted by atomic mass is 10.1. The summed E-state index contributed by atoms with van der Waals surface area (Å²) in [4.78, 5) is 4.41. The molecule has 0 bridgehead atoms. The van der Waals surface area contributed by atoms with E-state index in [2.05, 4.69) is 27.0 Å². The first-order valence-electron chi connectivity index (χ1n) is 6.21. The molecule has 21 heavy (non-hydrogen) atoms. The van der Waals surface area contributed by atoms with Crippen LogP contribution in [0.15, 0.2) is 53.0 Å². The molecule has 0 unspecified atom stereocenters. The van der Waals surface area contributed by atoms with Crippen LogP contribution in [0.25, 0.3) is 10.9 Å². The van der Waals surface area contributed by atoms with Crippen LogP contribution in [0.4, 0.5) is 5.69 Å². The maximum Gasteiger partial charge on any atom is 0.221 e. The quantitative estimate of drug-likeness (QED) is 0.708. The molecule has 3 rings (SSSR count). The third kappa shape index (κ3) is 2.54. The minimum atomic E-state index is 0.358. The summed E-state index contributed by atoms with van der Waals surface area (Å²) < 4.78 is 6.42. The summed E-state index contributed by atoms with van der Waals surface area (Å²) in [6.07, 6.45) is 0. The molecule has 2 aromatic carbocycles. The van der Waals surface area contributed by atoms with Crippen molar-refractivity contribution >= 4 is 32.5 Å². The molecule has 2 N–H and O–H groups in total. The van der Waals surface area contributed by atoms with Crippen LogP contribution < -0.4 is 10.5 Å². The Hall–Kier alpha value is -2.58. The number of benzene rings is 2. The summed E-state index contributed by atoms with van der Waals surface area (Å²) in [5.74, 6) is 0.915. The third-order valence-electron chi connectivity index (χ3n) is 3.02. The van der Waals surface area contributed by atoms with Crippen molar-refractivity contribution in [3.63, 3.8) is 0 Å². The minimum Gasteiger partial charge on any atom is -0.438 e. The highest BCUT2D eigenvalue weighted by Gasteiger charge is 2.09. The van der Waals surface area contributed by atoms with E-state index in [-0.39, 0.29) is 0 Å². The van der Waals surface area contributed by atoms with Crippen molar-refractivity contribution < 1.29 is 4.74 Å². The molecule has 0 aliphatic rings. The van der Waals surface area contributed by atoms with Gasteiger partial charge in [0.2, 0.25) is 5.88 Å². The largest absolute Gasteiger partial charge is 0.438 e. The summed E-state index contributed by atoms with van der Waals surface area (Å²) in [7, 11) is 0. The molecule has 0 fully saturated rings. The van der Waals surface area contributed by atoms with E-state index in [0.29, 0.717) is 32.9 Å². The predicted molar refractivity (Wildman–Crippen MR) is 85.1 cm³/mol. The topological polar surface area (TPSA) is 71.9 Å². The van der Waals surface area contributed by atoms with Gasteiger partial charge in [-0.1, -0.05) is 24.3 Å². The van der Waals surface area contributed by atoms with Gasteiger partial charge in [0.1, 0.15) is 11.8 Å². The van der Waals surface area contributed by atoms with E-state index in [4.69, 9.17) is 10.5 Å². The number of nitriles is 1. The van der Waals surface area contributed by atoms with E-state index >= 15 is 0 Å². The molecule has 0 amide bonds. The number of nitrogens with zero attached hydrogens (tertiary/aromatic N) is 2. The molecule has 0 radical (unpaired) electrons. The zero-order valence-corrected chi connectivity index (χ0v) is 12.5. The van der Waals surface area contributed by atoms with E-state index in [1.807, 2.05) is 24.3 Å². The Morgan fingerprint density at radius 2 is 1.95 bits per heavy atom. The number of para-hydroxylation sites is 1. The lowest BCUT2D eigenvalue weighted by Crippen LogP contribution is -1.94. The van der Waals surface area contributed by atoms with E-state index in [9.17, 15) is 5.26 Å². The van der Waals surface area contributed by atoms with Crippen LogP contribution in [0.2, 0.25) is 0 Å². The number of halogens is 1. The average molecular weight is 340 g/mol. The summed E-state index contributed by atoms with van der Waals surface area (Å²) in [5.41, 5.74) is 7.64. The van der Waals surface area contributed by atoms with Crippen LogP contribution in [0.3, 0.4) is 0 Å². The molecule has 5 heteroatoms. The highest BCUT2D eigenvalue weighted by atomic mass is 79.9. The van der Waals surface area contributed by atoms with Gasteiger partial charge in [-0.2, -0.15) is 5.26 Å². The van der Waals surface area contributed by atoms with Crippen molar-refractivity contribution in [2.75, 3.05) is 5.73 Å². The third-order valence-corrected chi connectivity index (χ3v) is 3.87. The monoisotopic (exact) mass is 339 g/mol. The summed E-state index contributed by atoms with van der Waals surface area (Å²) >= 11 is 3.38. The van der Waals surface area contributed by atoms with Crippen molar-refractivity contribution in [1.29, 1.82) is 5.26 Å². The summed E-state index contributed by atoms with van der Waals surface area (Å²) in [6.45, 7) is 0. The standard InChI is InChI=1S/C16H10BrN3O/c17-16-12(19)5-3-7-14(16)21-15-8-10(9-18)11-4-1-2-6-13(11)20-15/h1-8H,19H2. The van der Waals surface area contributed by atoms with Crippen LogP contribution in [0.1, 0.15) is 5.56 Å². The van der Waals surface area contributed by atoms with E-state index in [1.165, 1.54) is 0 Å². The first-order valence-corrected chi connectivity index (χ1v) is 7.00. The number of hydrogen-bond donors (Lipinski definition) is 1. The van der Waals surface area contributed by atoms with Crippen LogP contribution in [-0.2, 0) is 0 Å². The van der Waals surface area contributed by atoms with Gasteiger partial charge in [-0.25, -0.2) is 4.98 Å². The molecule has 4 nitrogen and oxygen atoms in total. The Labute approximate surface area is 129 Å². The SMILES string of the molecule is N#Cc1cc(Oc2cccc(N)c2Br)nc2ccccc12. The molecular weight excluding hydrogens is 330 g/mol.